The van der Waals surface area contributed by atoms with Gasteiger partial charge in [-0.05, 0) is 29.3 Å². The summed E-state index contributed by atoms with van der Waals surface area (Å²) in [5.41, 5.74) is 1.14. The van der Waals surface area contributed by atoms with E-state index in [1.54, 1.807) is 0 Å². The Balaban J connectivity index is 2.48. The molecule has 4 heteroatoms. The summed E-state index contributed by atoms with van der Waals surface area (Å²) in [6.45, 7) is 0. The fourth-order valence-electron chi connectivity index (χ4n) is 1.69. The molecule has 0 fully saturated rings. The van der Waals surface area contributed by atoms with Gasteiger partial charge in [-0.2, -0.15) is 0 Å². The van der Waals surface area contributed by atoms with Crippen LogP contribution < -0.4 is 0 Å². The zero-order valence-electron chi connectivity index (χ0n) is 9.24. The van der Waals surface area contributed by atoms with Gasteiger partial charge in [-0.3, -0.25) is 4.79 Å². The number of aldehydes is 1. The first-order valence-electron chi connectivity index (χ1n) is 5.25. The number of carbonyl (C=O) groups excluding carboxylic acids is 1. The molecule has 2 rings (SSSR count). The summed E-state index contributed by atoms with van der Waals surface area (Å²) in [6, 6.07) is 9.17. The Morgan fingerprint density at radius 1 is 1.00 bits per heavy atom. The molecule has 0 amide bonds. The zero-order valence-corrected chi connectivity index (χ0v) is 9.24. The van der Waals surface area contributed by atoms with E-state index >= 15 is 0 Å². The van der Waals surface area contributed by atoms with Gasteiger partial charge in [0.2, 0.25) is 0 Å². The van der Waals surface area contributed by atoms with Gasteiger partial charge in [0.05, 0.1) is 0 Å². The van der Waals surface area contributed by atoms with Gasteiger partial charge >= 0.3 is 0 Å². The van der Waals surface area contributed by atoms with Crippen molar-refractivity contribution in [3.05, 3.63) is 59.4 Å². The molecule has 0 aromatic heterocycles. The third-order valence-electron chi connectivity index (χ3n) is 2.62. The summed E-state index contributed by atoms with van der Waals surface area (Å²) in [5.74, 6) is -0.478. The van der Waals surface area contributed by atoms with E-state index in [-0.39, 0.29) is 5.56 Å². The molecule has 92 valence electrons. The van der Waals surface area contributed by atoms with Gasteiger partial charge in [0, 0.05) is 11.1 Å². The summed E-state index contributed by atoms with van der Waals surface area (Å²) >= 11 is 0. The number of rotatable bonds is 3. The molecular formula is C14H9F3O. The lowest BCUT2D eigenvalue weighted by Gasteiger charge is -2.06. The molecular weight excluding hydrogens is 241 g/mol. The predicted octanol–water partition coefficient (Wildman–Crippen LogP) is 4.24. The van der Waals surface area contributed by atoms with Crippen LogP contribution in [0.4, 0.5) is 13.2 Å². The first-order chi connectivity index (χ1) is 8.61. The second-order valence-corrected chi connectivity index (χ2v) is 3.77. The number of carbonyl (C=O) groups is 1. The highest BCUT2D eigenvalue weighted by Crippen LogP contribution is 2.26. The van der Waals surface area contributed by atoms with Crippen LogP contribution in [0.15, 0.2) is 42.5 Å². The number of hydrogen-bond acceptors (Lipinski definition) is 1. The quantitative estimate of drug-likeness (QED) is 0.744. The average molecular weight is 250 g/mol. The fraction of sp³-hybridized carbons (Fsp3) is 0.0714. The maximum Gasteiger partial charge on any atom is 0.263 e. The van der Waals surface area contributed by atoms with E-state index in [1.165, 1.54) is 42.5 Å². The lowest BCUT2D eigenvalue weighted by molar-refractivity contribution is 0.112. The largest absolute Gasteiger partial charge is 0.298 e. The van der Waals surface area contributed by atoms with E-state index in [9.17, 15) is 18.0 Å². The molecule has 0 aliphatic carbocycles. The van der Waals surface area contributed by atoms with Crippen molar-refractivity contribution in [2.45, 2.75) is 6.43 Å². The highest BCUT2D eigenvalue weighted by molar-refractivity contribution is 5.87. The summed E-state index contributed by atoms with van der Waals surface area (Å²) in [5, 5.41) is 0. The topological polar surface area (TPSA) is 17.1 Å². The smallest absolute Gasteiger partial charge is 0.263 e. The average Bonchev–Trinajstić information content (AvgIpc) is 2.39. The highest BCUT2D eigenvalue weighted by Gasteiger charge is 2.09. The van der Waals surface area contributed by atoms with Crippen molar-refractivity contribution in [2.75, 3.05) is 0 Å². The summed E-state index contributed by atoms with van der Waals surface area (Å²) in [7, 11) is 0. The number of benzene rings is 2. The van der Waals surface area contributed by atoms with Gasteiger partial charge in [-0.25, -0.2) is 13.2 Å². The van der Waals surface area contributed by atoms with Gasteiger partial charge in [-0.1, -0.05) is 24.3 Å². The normalized spacial score (nSPS) is 10.7. The van der Waals surface area contributed by atoms with Crippen LogP contribution in [0.2, 0.25) is 0 Å². The second-order valence-electron chi connectivity index (χ2n) is 3.77. The van der Waals surface area contributed by atoms with Crippen molar-refractivity contribution < 1.29 is 18.0 Å². The van der Waals surface area contributed by atoms with E-state index in [0.29, 0.717) is 23.0 Å². The number of alkyl halides is 2. The molecule has 0 saturated heterocycles. The Labute approximate surface area is 102 Å². The minimum atomic E-state index is -2.54. The molecule has 0 N–H and O–H groups in total. The SMILES string of the molecule is O=Cc1ccc(F)cc1-c1ccc(C(F)F)cc1. The Morgan fingerprint density at radius 3 is 2.22 bits per heavy atom. The maximum atomic E-state index is 13.1. The maximum absolute atomic E-state index is 13.1. The van der Waals surface area contributed by atoms with Crippen LogP contribution in [0, 0.1) is 5.82 Å². The standard InChI is InChI=1S/C14H9F3O/c15-12-6-5-11(8-18)13(7-12)9-1-3-10(4-2-9)14(16)17/h1-8,14H. The molecule has 0 radical (unpaired) electrons. The van der Waals surface area contributed by atoms with Crippen molar-refractivity contribution in [1.82, 2.24) is 0 Å². The van der Waals surface area contributed by atoms with Crippen LogP contribution in [0.1, 0.15) is 22.3 Å². The summed E-state index contributed by atoms with van der Waals surface area (Å²) in [6.07, 6.45) is -1.94. The Bertz CT molecular complexity index is 562. The number of hydrogen-bond donors (Lipinski definition) is 0. The van der Waals surface area contributed by atoms with Crippen LogP contribution in [0.25, 0.3) is 11.1 Å². The summed E-state index contributed by atoms with van der Waals surface area (Å²) in [4.78, 5) is 10.8. The van der Waals surface area contributed by atoms with Crippen LogP contribution in [-0.2, 0) is 0 Å². The molecule has 0 atom stereocenters. The van der Waals surface area contributed by atoms with Crippen molar-refractivity contribution in [3.63, 3.8) is 0 Å². The molecule has 0 heterocycles. The Morgan fingerprint density at radius 2 is 1.67 bits per heavy atom. The van der Waals surface area contributed by atoms with Crippen molar-refractivity contribution in [1.29, 1.82) is 0 Å². The van der Waals surface area contributed by atoms with Crippen LogP contribution in [0.3, 0.4) is 0 Å². The number of halogens is 3. The van der Waals surface area contributed by atoms with Crippen molar-refractivity contribution in [2.24, 2.45) is 0 Å². The van der Waals surface area contributed by atoms with Gasteiger partial charge in [0.1, 0.15) is 5.82 Å². The lowest BCUT2D eigenvalue weighted by atomic mass is 9.99. The van der Waals surface area contributed by atoms with E-state index in [1.807, 2.05) is 0 Å². The van der Waals surface area contributed by atoms with Crippen LogP contribution in [0.5, 0.6) is 0 Å². The monoisotopic (exact) mass is 250 g/mol. The van der Waals surface area contributed by atoms with E-state index in [4.69, 9.17) is 0 Å². The zero-order chi connectivity index (χ0) is 13.1. The Kier molecular flexibility index (Phi) is 3.46. The van der Waals surface area contributed by atoms with Gasteiger partial charge in [0.25, 0.3) is 6.43 Å². The molecule has 2 aromatic carbocycles. The minimum Gasteiger partial charge on any atom is -0.298 e. The van der Waals surface area contributed by atoms with Gasteiger partial charge < -0.3 is 0 Å². The molecule has 0 aliphatic rings. The van der Waals surface area contributed by atoms with E-state index < -0.39 is 12.2 Å². The Hall–Kier alpha value is -2.10. The predicted molar refractivity (Wildman–Crippen MR) is 62.2 cm³/mol. The summed E-state index contributed by atoms with van der Waals surface area (Å²) < 4.78 is 37.9. The lowest BCUT2D eigenvalue weighted by Crippen LogP contribution is -1.90. The first kappa shape index (κ1) is 12.4. The third-order valence-corrected chi connectivity index (χ3v) is 2.62. The van der Waals surface area contributed by atoms with E-state index in [2.05, 4.69) is 0 Å². The third kappa shape index (κ3) is 2.42. The molecule has 1 nitrogen and oxygen atoms in total. The van der Waals surface area contributed by atoms with Crippen LogP contribution in [-0.4, -0.2) is 6.29 Å². The van der Waals surface area contributed by atoms with Crippen molar-refractivity contribution in [3.8, 4) is 11.1 Å². The molecule has 0 spiro atoms. The van der Waals surface area contributed by atoms with Crippen molar-refractivity contribution >= 4 is 6.29 Å². The molecule has 0 saturated carbocycles. The van der Waals surface area contributed by atoms with Crippen LogP contribution >= 0.6 is 0 Å². The molecule has 0 bridgehead atoms. The molecule has 18 heavy (non-hydrogen) atoms. The second kappa shape index (κ2) is 5.04. The molecule has 0 unspecified atom stereocenters. The van der Waals surface area contributed by atoms with E-state index in [0.717, 1.165) is 0 Å². The van der Waals surface area contributed by atoms with Gasteiger partial charge in [0.15, 0.2) is 6.29 Å². The first-order valence-corrected chi connectivity index (χ1v) is 5.25. The molecule has 0 aliphatic heterocycles. The molecule has 2 aromatic rings. The van der Waals surface area contributed by atoms with Gasteiger partial charge in [-0.15, -0.1) is 0 Å². The fourth-order valence-corrected chi connectivity index (χ4v) is 1.69. The minimum absolute atomic E-state index is 0.109. The highest BCUT2D eigenvalue weighted by atomic mass is 19.3.